The lowest BCUT2D eigenvalue weighted by Gasteiger charge is -2.37. The standard InChI is InChI=1S/C24H31N3O2/c1-16-11-22(25-21-13-18-6-4-5-17(18)12-20(16)21)27-9-7-24(8-10-27)14-19(15-26(2)3)29-23(24)28/h11-13,19H,4-10,14-15H2,1-3H3. The van der Waals surface area contributed by atoms with Gasteiger partial charge in [-0.2, -0.15) is 0 Å². The van der Waals surface area contributed by atoms with Gasteiger partial charge in [-0.05, 0) is 88.0 Å². The maximum absolute atomic E-state index is 12.6. The van der Waals surface area contributed by atoms with E-state index < -0.39 is 0 Å². The molecule has 5 nitrogen and oxygen atoms in total. The number of piperidine rings is 1. The third kappa shape index (κ3) is 3.29. The van der Waals surface area contributed by atoms with Crippen LogP contribution in [0.2, 0.25) is 0 Å². The van der Waals surface area contributed by atoms with Crippen LogP contribution in [0.5, 0.6) is 0 Å². The van der Waals surface area contributed by atoms with Crippen LogP contribution in [-0.2, 0) is 22.4 Å². The summed E-state index contributed by atoms with van der Waals surface area (Å²) >= 11 is 0. The first-order valence-electron chi connectivity index (χ1n) is 11.0. The quantitative estimate of drug-likeness (QED) is 0.747. The van der Waals surface area contributed by atoms with Crippen LogP contribution in [0.25, 0.3) is 10.9 Å². The zero-order chi connectivity index (χ0) is 20.2. The first-order chi connectivity index (χ1) is 13.9. The maximum atomic E-state index is 12.6. The number of esters is 1. The molecule has 1 aromatic heterocycles. The number of benzene rings is 1. The molecule has 2 saturated heterocycles. The first kappa shape index (κ1) is 18.9. The van der Waals surface area contributed by atoms with E-state index >= 15 is 0 Å². The lowest BCUT2D eigenvalue weighted by atomic mass is 9.76. The third-order valence-corrected chi connectivity index (χ3v) is 7.15. The Morgan fingerprint density at radius 2 is 1.90 bits per heavy atom. The monoisotopic (exact) mass is 393 g/mol. The number of hydrogen-bond donors (Lipinski definition) is 0. The molecule has 3 aliphatic rings. The molecule has 2 aliphatic heterocycles. The Hall–Kier alpha value is -2.14. The predicted octanol–water partition coefficient (Wildman–Crippen LogP) is 3.50. The number of pyridine rings is 1. The summed E-state index contributed by atoms with van der Waals surface area (Å²) in [6, 6.07) is 6.89. The van der Waals surface area contributed by atoms with Crippen molar-refractivity contribution >= 4 is 22.7 Å². The summed E-state index contributed by atoms with van der Waals surface area (Å²) in [5.41, 5.74) is 5.10. The highest BCUT2D eigenvalue weighted by molar-refractivity contribution is 5.86. The summed E-state index contributed by atoms with van der Waals surface area (Å²) in [6.45, 7) is 4.74. The number of anilines is 1. The van der Waals surface area contributed by atoms with Crippen molar-refractivity contribution in [2.45, 2.75) is 51.6 Å². The molecular formula is C24H31N3O2. The Kier molecular flexibility index (Phi) is 4.54. The summed E-state index contributed by atoms with van der Waals surface area (Å²) < 4.78 is 5.71. The van der Waals surface area contributed by atoms with Crippen LogP contribution in [0.4, 0.5) is 5.82 Å². The molecule has 0 bridgehead atoms. The Balaban J connectivity index is 1.35. The van der Waals surface area contributed by atoms with Gasteiger partial charge in [-0.25, -0.2) is 4.98 Å². The molecule has 3 heterocycles. The molecule has 0 amide bonds. The topological polar surface area (TPSA) is 45.7 Å². The smallest absolute Gasteiger partial charge is 0.312 e. The lowest BCUT2D eigenvalue weighted by Crippen LogP contribution is -2.43. The van der Waals surface area contributed by atoms with Gasteiger partial charge in [0, 0.05) is 31.4 Å². The number of hydrogen-bond acceptors (Lipinski definition) is 5. The zero-order valence-electron chi connectivity index (χ0n) is 17.8. The van der Waals surface area contributed by atoms with Crippen molar-refractivity contribution in [1.82, 2.24) is 9.88 Å². The van der Waals surface area contributed by atoms with Gasteiger partial charge < -0.3 is 14.5 Å². The van der Waals surface area contributed by atoms with Gasteiger partial charge in [0.15, 0.2) is 0 Å². The molecule has 154 valence electrons. The Labute approximate surface area is 173 Å². The number of aryl methyl sites for hydroxylation is 3. The SMILES string of the molecule is Cc1cc(N2CCC3(CC2)CC(CN(C)C)OC3=O)nc2cc3c(cc12)CCC3. The highest BCUT2D eigenvalue weighted by Crippen LogP contribution is 2.44. The molecule has 29 heavy (non-hydrogen) atoms. The van der Waals surface area contributed by atoms with Crippen molar-refractivity contribution in [2.24, 2.45) is 5.41 Å². The predicted molar refractivity (Wildman–Crippen MR) is 115 cm³/mol. The summed E-state index contributed by atoms with van der Waals surface area (Å²) in [4.78, 5) is 22.1. The number of likely N-dealkylation sites (N-methyl/N-ethyl adjacent to an activating group) is 1. The highest BCUT2D eigenvalue weighted by Gasteiger charge is 2.50. The molecule has 0 saturated carbocycles. The summed E-state index contributed by atoms with van der Waals surface area (Å²) in [5.74, 6) is 1.07. The number of carbonyl (C=O) groups is 1. The molecule has 0 N–H and O–H groups in total. The van der Waals surface area contributed by atoms with Gasteiger partial charge >= 0.3 is 5.97 Å². The Bertz CT molecular complexity index is 960. The van der Waals surface area contributed by atoms with Crippen molar-refractivity contribution in [3.63, 3.8) is 0 Å². The number of fused-ring (bicyclic) bond motifs is 2. The van der Waals surface area contributed by atoms with Crippen molar-refractivity contribution in [2.75, 3.05) is 38.6 Å². The molecule has 1 aromatic carbocycles. The van der Waals surface area contributed by atoms with Gasteiger partial charge in [-0.3, -0.25) is 4.79 Å². The molecule has 1 unspecified atom stereocenters. The molecule has 2 aromatic rings. The molecular weight excluding hydrogens is 362 g/mol. The minimum atomic E-state index is -0.288. The fourth-order valence-corrected chi connectivity index (χ4v) is 5.53. The molecule has 5 heteroatoms. The second-order valence-electron chi connectivity index (χ2n) is 9.55. The number of nitrogens with zero attached hydrogens (tertiary/aromatic N) is 3. The van der Waals surface area contributed by atoms with Crippen LogP contribution in [0.3, 0.4) is 0 Å². The second kappa shape index (κ2) is 6.98. The van der Waals surface area contributed by atoms with Gasteiger partial charge in [0.1, 0.15) is 11.9 Å². The zero-order valence-corrected chi connectivity index (χ0v) is 17.8. The summed E-state index contributed by atoms with van der Waals surface area (Å²) in [5, 5.41) is 1.29. The number of rotatable bonds is 3. The van der Waals surface area contributed by atoms with E-state index in [9.17, 15) is 4.79 Å². The number of carbonyl (C=O) groups excluding carboxylic acids is 1. The Morgan fingerprint density at radius 3 is 2.62 bits per heavy atom. The fraction of sp³-hybridized carbons (Fsp3) is 0.583. The van der Waals surface area contributed by atoms with Crippen LogP contribution in [-0.4, -0.2) is 55.7 Å². The van der Waals surface area contributed by atoms with Crippen LogP contribution in [0.1, 0.15) is 42.4 Å². The largest absolute Gasteiger partial charge is 0.461 e. The van der Waals surface area contributed by atoms with E-state index in [1.54, 1.807) is 0 Å². The number of aromatic nitrogens is 1. The van der Waals surface area contributed by atoms with Crippen molar-refractivity contribution in [3.05, 3.63) is 34.9 Å². The van der Waals surface area contributed by atoms with Gasteiger partial charge in [0.2, 0.25) is 0 Å². The van der Waals surface area contributed by atoms with Crippen molar-refractivity contribution in [3.8, 4) is 0 Å². The summed E-state index contributed by atoms with van der Waals surface area (Å²) in [7, 11) is 4.06. The van der Waals surface area contributed by atoms with Crippen LogP contribution < -0.4 is 4.90 Å². The molecule has 2 fully saturated rings. The van der Waals surface area contributed by atoms with Gasteiger partial charge in [-0.1, -0.05) is 0 Å². The Morgan fingerprint density at radius 1 is 1.17 bits per heavy atom. The molecule has 0 radical (unpaired) electrons. The van der Waals surface area contributed by atoms with Crippen LogP contribution >= 0.6 is 0 Å². The van der Waals surface area contributed by atoms with E-state index in [4.69, 9.17) is 9.72 Å². The summed E-state index contributed by atoms with van der Waals surface area (Å²) in [6.07, 6.45) is 6.25. The van der Waals surface area contributed by atoms with E-state index in [1.807, 2.05) is 14.1 Å². The van der Waals surface area contributed by atoms with E-state index in [2.05, 4.69) is 34.9 Å². The number of ether oxygens (including phenoxy) is 1. The lowest BCUT2D eigenvalue weighted by molar-refractivity contribution is -0.150. The average molecular weight is 394 g/mol. The second-order valence-corrected chi connectivity index (χ2v) is 9.55. The molecule has 1 aliphatic carbocycles. The van der Waals surface area contributed by atoms with Gasteiger partial charge in [-0.15, -0.1) is 0 Å². The minimum Gasteiger partial charge on any atom is -0.461 e. The minimum absolute atomic E-state index is 0.0159. The van der Waals surface area contributed by atoms with E-state index in [1.165, 1.54) is 41.3 Å². The highest BCUT2D eigenvalue weighted by atomic mass is 16.6. The average Bonchev–Trinajstić information content (AvgIpc) is 3.24. The van der Waals surface area contributed by atoms with Gasteiger partial charge in [0.25, 0.3) is 0 Å². The van der Waals surface area contributed by atoms with E-state index in [-0.39, 0.29) is 17.5 Å². The van der Waals surface area contributed by atoms with Gasteiger partial charge in [0.05, 0.1) is 10.9 Å². The van der Waals surface area contributed by atoms with Crippen molar-refractivity contribution < 1.29 is 9.53 Å². The third-order valence-electron chi connectivity index (χ3n) is 7.15. The van der Waals surface area contributed by atoms with E-state index in [0.29, 0.717) is 0 Å². The number of cyclic esters (lactones) is 1. The van der Waals surface area contributed by atoms with Crippen LogP contribution in [0, 0.1) is 12.3 Å². The van der Waals surface area contributed by atoms with E-state index in [0.717, 1.165) is 50.2 Å². The first-order valence-corrected chi connectivity index (χ1v) is 11.0. The normalized spacial score (nSPS) is 23.2. The van der Waals surface area contributed by atoms with Crippen molar-refractivity contribution in [1.29, 1.82) is 0 Å². The molecule has 5 rings (SSSR count). The maximum Gasteiger partial charge on any atom is 0.312 e. The molecule has 1 atom stereocenters. The van der Waals surface area contributed by atoms with Crippen LogP contribution in [0.15, 0.2) is 18.2 Å². The molecule has 1 spiro atoms. The fourth-order valence-electron chi connectivity index (χ4n) is 5.53.